The normalized spacial score (nSPS) is 11.9. The van der Waals surface area contributed by atoms with Crippen molar-refractivity contribution in [3.63, 3.8) is 0 Å². The van der Waals surface area contributed by atoms with E-state index in [0.717, 1.165) is 34.0 Å². The Morgan fingerprint density at radius 1 is 0.400 bits per heavy atom. The van der Waals surface area contributed by atoms with Crippen molar-refractivity contribution >= 4 is 28.4 Å². The zero-order valence-electron chi connectivity index (χ0n) is 21.8. The van der Waals surface area contributed by atoms with E-state index in [1.54, 1.807) is 0 Å². The van der Waals surface area contributed by atoms with E-state index in [2.05, 4.69) is 161 Å². The molecule has 6 aromatic carbocycles. The average molecular weight is 512 g/mol. The predicted octanol–water partition coefficient (Wildman–Crippen LogP) is 9.81. The highest BCUT2D eigenvalue weighted by Crippen LogP contribution is 2.47. The van der Waals surface area contributed by atoms with Gasteiger partial charge in [-0.25, -0.2) is 4.98 Å². The fourth-order valence-corrected chi connectivity index (χ4v) is 5.84. The fourth-order valence-electron chi connectivity index (χ4n) is 5.84. The van der Waals surface area contributed by atoms with Gasteiger partial charge >= 0.3 is 0 Å². The van der Waals surface area contributed by atoms with Gasteiger partial charge in [-0.1, -0.05) is 115 Å². The number of anilines is 3. The summed E-state index contributed by atoms with van der Waals surface area (Å²) < 4.78 is 2.29. The van der Waals surface area contributed by atoms with Gasteiger partial charge in [-0.05, 0) is 58.7 Å². The molecule has 0 radical (unpaired) electrons. The minimum atomic E-state index is 0.888. The van der Waals surface area contributed by atoms with Crippen LogP contribution in [-0.2, 0) is 0 Å². The maximum atomic E-state index is 5.18. The Hall–Kier alpha value is -5.41. The van der Waals surface area contributed by atoms with Crippen LogP contribution in [0.15, 0.2) is 152 Å². The molecule has 40 heavy (non-hydrogen) atoms. The van der Waals surface area contributed by atoms with Gasteiger partial charge < -0.3 is 0 Å². The molecule has 7 aromatic rings. The summed E-state index contributed by atoms with van der Waals surface area (Å²) in [5, 5.41) is 0. The zero-order chi connectivity index (χ0) is 26.5. The summed E-state index contributed by atoms with van der Waals surface area (Å²) in [7, 11) is 0. The Bertz CT molecular complexity index is 1990. The lowest BCUT2D eigenvalue weighted by Gasteiger charge is -2.24. The zero-order valence-corrected chi connectivity index (χ0v) is 21.8. The number of nitrogens with zero attached hydrogens (tertiary/aromatic N) is 3. The van der Waals surface area contributed by atoms with Gasteiger partial charge in [0.2, 0.25) is 5.95 Å². The number of benzene rings is 6. The Morgan fingerprint density at radius 2 is 0.900 bits per heavy atom. The van der Waals surface area contributed by atoms with E-state index in [4.69, 9.17) is 4.98 Å². The molecule has 188 valence electrons. The molecule has 3 nitrogen and oxygen atoms in total. The number of hydrogen-bond donors (Lipinski definition) is 0. The second-order valence-corrected chi connectivity index (χ2v) is 10.1. The van der Waals surface area contributed by atoms with Crippen LogP contribution in [-0.4, -0.2) is 9.55 Å². The van der Waals surface area contributed by atoms with Crippen LogP contribution in [0.3, 0.4) is 0 Å². The van der Waals surface area contributed by atoms with E-state index < -0.39 is 0 Å². The van der Waals surface area contributed by atoms with E-state index in [1.807, 2.05) is 0 Å². The van der Waals surface area contributed by atoms with Crippen LogP contribution in [0.1, 0.15) is 0 Å². The Labute approximate surface area is 233 Å². The summed E-state index contributed by atoms with van der Waals surface area (Å²) in [6.45, 7) is 0. The highest BCUT2D eigenvalue weighted by Gasteiger charge is 2.28. The van der Waals surface area contributed by atoms with Gasteiger partial charge in [0, 0.05) is 16.8 Å². The van der Waals surface area contributed by atoms with Crippen LogP contribution in [0.5, 0.6) is 0 Å². The molecule has 0 amide bonds. The van der Waals surface area contributed by atoms with Crippen molar-refractivity contribution in [2.75, 3.05) is 4.90 Å². The van der Waals surface area contributed by atoms with Crippen LogP contribution in [0.2, 0.25) is 0 Å². The summed E-state index contributed by atoms with van der Waals surface area (Å²) in [4.78, 5) is 7.47. The summed E-state index contributed by atoms with van der Waals surface area (Å²) in [6.07, 6.45) is 0. The minimum Gasteiger partial charge on any atom is -0.280 e. The third kappa shape index (κ3) is 3.56. The molecule has 0 saturated carbocycles. The number of fused-ring (bicyclic) bond motifs is 7. The van der Waals surface area contributed by atoms with Crippen LogP contribution in [0, 0.1) is 0 Å². The molecule has 0 aliphatic carbocycles. The third-order valence-corrected chi connectivity index (χ3v) is 7.77. The predicted molar refractivity (Wildman–Crippen MR) is 166 cm³/mol. The largest absolute Gasteiger partial charge is 0.280 e. The lowest BCUT2D eigenvalue weighted by molar-refractivity contribution is 1.05. The molecule has 8 rings (SSSR count). The first-order valence-corrected chi connectivity index (χ1v) is 13.6. The maximum Gasteiger partial charge on any atom is 0.220 e. The molecule has 0 atom stereocenters. The van der Waals surface area contributed by atoms with E-state index in [1.165, 1.54) is 33.4 Å². The Kier molecular flexibility index (Phi) is 5.14. The van der Waals surface area contributed by atoms with Crippen molar-refractivity contribution < 1.29 is 0 Å². The Morgan fingerprint density at radius 3 is 1.60 bits per heavy atom. The average Bonchev–Trinajstić information content (AvgIpc) is 3.36. The van der Waals surface area contributed by atoms with Crippen molar-refractivity contribution in [1.29, 1.82) is 0 Å². The molecule has 0 unspecified atom stereocenters. The van der Waals surface area contributed by atoms with E-state index in [9.17, 15) is 0 Å². The second-order valence-electron chi connectivity index (χ2n) is 10.1. The number of imidazole rings is 1. The molecule has 0 N–H and O–H groups in total. The molecule has 1 aromatic heterocycles. The standard InChI is InChI=1S/C37H25N3/c1-2-10-26(11-3-1)27-18-20-28(21-19-27)29-22-24-30(25-23-29)39-34-15-7-4-12-31(34)32-13-5-8-16-35(32)40-36-17-9-6-14-33(36)38-37(39)40/h1-25H. The van der Waals surface area contributed by atoms with Crippen LogP contribution in [0.25, 0.3) is 50.1 Å². The van der Waals surface area contributed by atoms with Crippen LogP contribution < -0.4 is 4.90 Å². The topological polar surface area (TPSA) is 21.1 Å². The summed E-state index contributed by atoms with van der Waals surface area (Å²) in [5.41, 5.74) is 12.6. The van der Waals surface area contributed by atoms with E-state index in [-0.39, 0.29) is 0 Å². The summed E-state index contributed by atoms with van der Waals surface area (Å²) >= 11 is 0. The highest BCUT2D eigenvalue weighted by molar-refractivity contribution is 5.96. The Balaban J connectivity index is 1.26. The van der Waals surface area contributed by atoms with Gasteiger partial charge in [0.1, 0.15) is 0 Å². The van der Waals surface area contributed by atoms with Gasteiger partial charge in [-0.15, -0.1) is 0 Å². The second kappa shape index (κ2) is 9.11. The molecule has 0 fully saturated rings. The summed E-state index contributed by atoms with van der Waals surface area (Å²) in [5.74, 6) is 0.888. The lowest BCUT2D eigenvalue weighted by Crippen LogP contribution is -2.14. The molecule has 1 aliphatic rings. The first-order chi connectivity index (χ1) is 19.8. The summed E-state index contributed by atoms with van der Waals surface area (Å²) in [6, 6.07) is 53.7. The number of rotatable bonds is 3. The third-order valence-electron chi connectivity index (χ3n) is 7.77. The van der Waals surface area contributed by atoms with Crippen LogP contribution >= 0.6 is 0 Å². The van der Waals surface area contributed by atoms with Crippen molar-refractivity contribution in [3.05, 3.63) is 152 Å². The maximum absolute atomic E-state index is 5.18. The smallest absolute Gasteiger partial charge is 0.220 e. The van der Waals surface area contributed by atoms with Gasteiger partial charge in [0.15, 0.2) is 0 Å². The number of para-hydroxylation sites is 4. The molecular weight excluding hydrogens is 486 g/mol. The highest BCUT2D eigenvalue weighted by atomic mass is 15.3. The van der Waals surface area contributed by atoms with Crippen molar-refractivity contribution in [2.24, 2.45) is 0 Å². The SMILES string of the molecule is c1ccc(-c2ccc(-c3ccc(N4c5ccccc5-c5ccccc5-n5c4nc4ccccc45)cc3)cc2)cc1. The van der Waals surface area contributed by atoms with Gasteiger partial charge in [-0.2, -0.15) is 0 Å². The molecule has 2 heterocycles. The number of hydrogen-bond acceptors (Lipinski definition) is 2. The minimum absolute atomic E-state index is 0.888. The van der Waals surface area contributed by atoms with E-state index >= 15 is 0 Å². The lowest BCUT2D eigenvalue weighted by atomic mass is 9.99. The molecule has 0 spiro atoms. The quantitative estimate of drug-likeness (QED) is 0.235. The molecule has 0 bridgehead atoms. The van der Waals surface area contributed by atoms with Gasteiger partial charge in [-0.3, -0.25) is 9.47 Å². The first kappa shape index (κ1) is 22.6. The van der Waals surface area contributed by atoms with Gasteiger partial charge in [0.25, 0.3) is 0 Å². The van der Waals surface area contributed by atoms with Crippen molar-refractivity contribution in [1.82, 2.24) is 9.55 Å². The molecular formula is C37H25N3. The van der Waals surface area contributed by atoms with Crippen LogP contribution in [0.4, 0.5) is 17.3 Å². The first-order valence-electron chi connectivity index (χ1n) is 13.6. The van der Waals surface area contributed by atoms with Crippen molar-refractivity contribution in [3.8, 4) is 39.1 Å². The molecule has 1 aliphatic heterocycles. The fraction of sp³-hybridized carbons (Fsp3) is 0. The molecule has 0 saturated heterocycles. The monoisotopic (exact) mass is 511 g/mol. The molecule has 3 heteroatoms. The van der Waals surface area contributed by atoms with Crippen molar-refractivity contribution in [2.45, 2.75) is 0 Å². The van der Waals surface area contributed by atoms with Gasteiger partial charge in [0.05, 0.1) is 22.4 Å². The van der Waals surface area contributed by atoms with E-state index in [0.29, 0.717) is 0 Å². The number of aromatic nitrogens is 2.